The number of hydrogen-bond donors (Lipinski definition) is 3. The van der Waals surface area contributed by atoms with Gasteiger partial charge in [-0.2, -0.15) is 24.4 Å². The van der Waals surface area contributed by atoms with Gasteiger partial charge in [-0.3, -0.25) is 9.59 Å². The molecule has 1 saturated heterocycles. The van der Waals surface area contributed by atoms with Gasteiger partial charge in [0.05, 0.1) is 0 Å². The highest BCUT2D eigenvalue weighted by atomic mass is 32.2. The zero-order valence-corrected chi connectivity index (χ0v) is 11.8. The van der Waals surface area contributed by atoms with Gasteiger partial charge in [-0.1, -0.05) is 6.42 Å². The van der Waals surface area contributed by atoms with Gasteiger partial charge in [-0.25, -0.2) is 0 Å². The van der Waals surface area contributed by atoms with E-state index in [4.69, 9.17) is 0 Å². The van der Waals surface area contributed by atoms with E-state index in [1.807, 2.05) is 11.8 Å². The Morgan fingerprint density at radius 2 is 2.24 bits per heavy atom. The minimum atomic E-state index is -0.524. The summed E-state index contributed by atoms with van der Waals surface area (Å²) < 4.78 is 0. The SMILES string of the molecule is CC(=O)NC(CS)C(=O)NCC1CCCCS1. The summed E-state index contributed by atoms with van der Waals surface area (Å²) in [4.78, 5) is 22.7. The van der Waals surface area contributed by atoms with Crippen LogP contribution in [0.4, 0.5) is 0 Å². The van der Waals surface area contributed by atoms with E-state index in [2.05, 4.69) is 23.3 Å². The van der Waals surface area contributed by atoms with Crippen molar-refractivity contribution in [1.29, 1.82) is 0 Å². The lowest BCUT2D eigenvalue weighted by molar-refractivity contribution is -0.127. The fourth-order valence-electron chi connectivity index (χ4n) is 1.75. The highest BCUT2D eigenvalue weighted by molar-refractivity contribution is 7.99. The Kier molecular flexibility index (Phi) is 6.80. The average molecular weight is 276 g/mol. The van der Waals surface area contributed by atoms with Crippen molar-refractivity contribution in [2.45, 2.75) is 37.5 Å². The van der Waals surface area contributed by atoms with Crippen molar-refractivity contribution in [2.75, 3.05) is 18.1 Å². The molecule has 0 aromatic carbocycles. The van der Waals surface area contributed by atoms with Crippen molar-refractivity contribution in [1.82, 2.24) is 10.6 Å². The summed E-state index contributed by atoms with van der Waals surface area (Å²) >= 11 is 5.99. The molecule has 2 amide bonds. The van der Waals surface area contributed by atoms with Crippen LogP contribution in [0.5, 0.6) is 0 Å². The molecule has 0 aliphatic carbocycles. The van der Waals surface area contributed by atoms with Crippen LogP contribution in [0.2, 0.25) is 0 Å². The Labute approximate surface area is 112 Å². The Hall–Kier alpha value is -0.360. The van der Waals surface area contributed by atoms with E-state index >= 15 is 0 Å². The number of nitrogens with one attached hydrogen (secondary N) is 2. The monoisotopic (exact) mass is 276 g/mol. The Morgan fingerprint density at radius 1 is 1.47 bits per heavy atom. The fourth-order valence-corrected chi connectivity index (χ4v) is 3.24. The molecular weight excluding hydrogens is 256 g/mol. The Morgan fingerprint density at radius 3 is 2.76 bits per heavy atom. The minimum absolute atomic E-state index is 0.138. The molecule has 0 radical (unpaired) electrons. The van der Waals surface area contributed by atoms with E-state index in [1.54, 1.807) is 0 Å². The van der Waals surface area contributed by atoms with Gasteiger partial charge in [0.1, 0.15) is 6.04 Å². The van der Waals surface area contributed by atoms with Crippen molar-refractivity contribution in [3.05, 3.63) is 0 Å². The molecule has 0 aromatic rings. The molecule has 6 heteroatoms. The molecule has 17 heavy (non-hydrogen) atoms. The lowest BCUT2D eigenvalue weighted by Crippen LogP contribution is -2.48. The number of rotatable bonds is 5. The zero-order valence-electron chi connectivity index (χ0n) is 10.1. The molecule has 0 saturated carbocycles. The molecule has 98 valence electrons. The molecule has 0 bridgehead atoms. The summed E-state index contributed by atoms with van der Waals surface area (Å²) in [6.07, 6.45) is 3.69. The third kappa shape index (κ3) is 5.68. The molecular formula is C11H20N2O2S2. The molecule has 0 aromatic heterocycles. The predicted octanol–water partition coefficient (Wildman–Crippen LogP) is 0.823. The number of amides is 2. The molecule has 4 nitrogen and oxygen atoms in total. The molecule has 1 aliphatic rings. The minimum Gasteiger partial charge on any atom is -0.353 e. The van der Waals surface area contributed by atoms with Gasteiger partial charge < -0.3 is 10.6 Å². The van der Waals surface area contributed by atoms with Crippen molar-refractivity contribution < 1.29 is 9.59 Å². The Bertz CT molecular complexity index is 268. The molecule has 2 unspecified atom stereocenters. The van der Waals surface area contributed by atoms with E-state index in [1.165, 1.54) is 25.5 Å². The van der Waals surface area contributed by atoms with Crippen LogP contribution in [0.1, 0.15) is 26.2 Å². The summed E-state index contributed by atoms with van der Waals surface area (Å²) in [6, 6.07) is -0.524. The number of carbonyl (C=O) groups excluding carboxylic acids is 2. The van der Waals surface area contributed by atoms with E-state index in [-0.39, 0.29) is 11.8 Å². The number of hydrogen-bond acceptors (Lipinski definition) is 4. The maximum atomic E-state index is 11.8. The zero-order chi connectivity index (χ0) is 12.7. The van der Waals surface area contributed by atoms with Gasteiger partial charge in [0.15, 0.2) is 0 Å². The van der Waals surface area contributed by atoms with Crippen LogP contribution in [-0.2, 0) is 9.59 Å². The largest absolute Gasteiger partial charge is 0.353 e. The van der Waals surface area contributed by atoms with Gasteiger partial charge in [-0.15, -0.1) is 0 Å². The molecule has 2 atom stereocenters. The van der Waals surface area contributed by atoms with Crippen LogP contribution >= 0.6 is 24.4 Å². The first kappa shape index (κ1) is 14.7. The van der Waals surface area contributed by atoms with Crippen LogP contribution in [-0.4, -0.2) is 41.2 Å². The Balaban J connectivity index is 2.28. The summed E-state index contributed by atoms with van der Waals surface area (Å²) in [7, 11) is 0. The summed E-state index contributed by atoms with van der Waals surface area (Å²) in [5, 5.41) is 5.99. The van der Waals surface area contributed by atoms with E-state index in [9.17, 15) is 9.59 Å². The molecule has 2 N–H and O–H groups in total. The molecule has 1 fully saturated rings. The van der Waals surface area contributed by atoms with Crippen LogP contribution in [0.3, 0.4) is 0 Å². The second kappa shape index (κ2) is 7.87. The quantitative estimate of drug-likeness (QED) is 0.652. The second-order valence-corrected chi connectivity index (χ2v) is 5.94. The third-order valence-corrected chi connectivity index (χ3v) is 4.42. The number of thiol groups is 1. The smallest absolute Gasteiger partial charge is 0.243 e. The second-order valence-electron chi connectivity index (χ2n) is 4.17. The van der Waals surface area contributed by atoms with Gasteiger partial charge in [-0.05, 0) is 18.6 Å². The standard InChI is InChI=1S/C11H20N2O2S2/c1-8(14)13-10(7-16)11(15)12-6-9-4-2-3-5-17-9/h9-10,16H,2-7H2,1H3,(H,12,15)(H,13,14). The molecule has 1 rings (SSSR count). The lowest BCUT2D eigenvalue weighted by atomic mass is 10.2. The molecule has 1 aliphatic heterocycles. The highest BCUT2D eigenvalue weighted by Gasteiger charge is 2.20. The van der Waals surface area contributed by atoms with E-state index < -0.39 is 6.04 Å². The number of thioether (sulfide) groups is 1. The maximum Gasteiger partial charge on any atom is 0.243 e. The van der Waals surface area contributed by atoms with Crippen LogP contribution < -0.4 is 10.6 Å². The molecule has 1 heterocycles. The first-order chi connectivity index (χ1) is 8.13. The van der Waals surface area contributed by atoms with Gasteiger partial charge in [0.2, 0.25) is 11.8 Å². The van der Waals surface area contributed by atoms with E-state index in [0.717, 1.165) is 6.42 Å². The van der Waals surface area contributed by atoms with Crippen molar-refractivity contribution in [3.63, 3.8) is 0 Å². The lowest BCUT2D eigenvalue weighted by Gasteiger charge is -2.23. The summed E-state index contributed by atoms with van der Waals surface area (Å²) in [5.41, 5.74) is 0. The van der Waals surface area contributed by atoms with Crippen LogP contribution in [0.15, 0.2) is 0 Å². The fraction of sp³-hybridized carbons (Fsp3) is 0.818. The normalized spacial score (nSPS) is 21.6. The molecule has 0 spiro atoms. The summed E-state index contributed by atoms with van der Waals surface area (Å²) in [5.74, 6) is 1.17. The third-order valence-electron chi connectivity index (χ3n) is 2.65. The first-order valence-corrected chi connectivity index (χ1v) is 7.59. The summed E-state index contributed by atoms with van der Waals surface area (Å²) in [6.45, 7) is 2.09. The van der Waals surface area contributed by atoms with Gasteiger partial charge in [0.25, 0.3) is 0 Å². The number of carbonyl (C=O) groups is 2. The first-order valence-electron chi connectivity index (χ1n) is 5.90. The van der Waals surface area contributed by atoms with Crippen molar-refractivity contribution >= 4 is 36.2 Å². The maximum absolute atomic E-state index is 11.8. The van der Waals surface area contributed by atoms with Crippen molar-refractivity contribution in [3.8, 4) is 0 Å². The predicted molar refractivity (Wildman–Crippen MR) is 74.6 cm³/mol. The van der Waals surface area contributed by atoms with Crippen LogP contribution in [0.25, 0.3) is 0 Å². The average Bonchev–Trinajstić information content (AvgIpc) is 2.34. The highest BCUT2D eigenvalue weighted by Crippen LogP contribution is 2.24. The van der Waals surface area contributed by atoms with Crippen LogP contribution in [0, 0.1) is 0 Å². The van der Waals surface area contributed by atoms with Crippen molar-refractivity contribution in [2.24, 2.45) is 0 Å². The van der Waals surface area contributed by atoms with E-state index in [0.29, 0.717) is 17.5 Å². The topological polar surface area (TPSA) is 58.2 Å². The van der Waals surface area contributed by atoms with Gasteiger partial charge >= 0.3 is 0 Å². The van der Waals surface area contributed by atoms with Gasteiger partial charge in [0, 0.05) is 24.5 Å².